The van der Waals surface area contributed by atoms with Gasteiger partial charge in [0.25, 0.3) is 5.91 Å². The Balaban J connectivity index is 1.50. The standard InChI is InChI=1S/C19H23N3O3/c1-2-3-4-9-20-19(23)16-7-6-15(12-22-16)21-11-14-5-8-17-18(10-14)25-13-24-17/h5-8,10,12,21H,2-4,9,11,13H2,1H3,(H,20,23). The largest absolute Gasteiger partial charge is 0.454 e. The average molecular weight is 341 g/mol. The van der Waals surface area contributed by atoms with Gasteiger partial charge in [-0.05, 0) is 36.2 Å². The van der Waals surface area contributed by atoms with Gasteiger partial charge in [0.2, 0.25) is 6.79 Å². The SMILES string of the molecule is CCCCCNC(=O)c1ccc(NCc2ccc3c(c2)OCO3)cn1. The van der Waals surface area contributed by atoms with Crippen LogP contribution in [0.15, 0.2) is 36.5 Å². The number of rotatable bonds is 8. The van der Waals surface area contributed by atoms with Gasteiger partial charge in [0.15, 0.2) is 11.5 Å². The van der Waals surface area contributed by atoms with Gasteiger partial charge in [0.05, 0.1) is 11.9 Å². The highest BCUT2D eigenvalue weighted by Crippen LogP contribution is 2.32. The zero-order valence-corrected chi connectivity index (χ0v) is 14.4. The molecular weight excluding hydrogens is 318 g/mol. The molecule has 25 heavy (non-hydrogen) atoms. The van der Waals surface area contributed by atoms with Crippen LogP contribution in [0.4, 0.5) is 5.69 Å². The number of fused-ring (bicyclic) bond motifs is 1. The van der Waals surface area contributed by atoms with Crippen LogP contribution >= 0.6 is 0 Å². The second kappa shape index (κ2) is 8.37. The minimum Gasteiger partial charge on any atom is -0.454 e. The molecule has 0 radical (unpaired) electrons. The molecule has 3 rings (SSSR count). The fourth-order valence-corrected chi connectivity index (χ4v) is 2.56. The molecule has 1 aromatic heterocycles. The van der Waals surface area contributed by atoms with Crippen molar-refractivity contribution >= 4 is 11.6 Å². The molecule has 0 aliphatic carbocycles. The lowest BCUT2D eigenvalue weighted by molar-refractivity contribution is 0.0948. The molecule has 0 atom stereocenters. The normalized spacial score (nSPS) is 12.0. The minimum atomic E-state index is -0.126. The maximum atomic E-state index is 12.0. The molecule has 2 N–H and O–H groups in total. The molecule has 0 saturated carbocycles. The van der Waals surface area contributed by atoms with Gasteiger partial charge >= 0.3 is 0 Å². The topological polar surface area (TPSA) is 72.5 Å². The quantitative estimate of drug-likeness (QED) is 0.721. The Morgan fingerprint density at radius 3 is 2.84 bits per heavy atom. The number of carbonyl (C=O) groups is 1. The van der Waals surface area contributed by atoms with Crippen LogP contribution in [0.3, 0.4) is 0 Å². The van der Waals surface area contributed by atoms with E-state index < -0.39 is 0 Å². The molecule has 0 fully saturated rings. The van der Waals surface area contributed by atoms with Crippen LogP contribution in [-0.4, -0.2) is 24.2 Å². The second-order valence-electron chi connectivity index (χ2n) is 5.94. The number of nitrogens with zero attached hydrogens (tertiary/aromatic N) is 1. The van der Waals surface area contributed by atoms with Crippen LogP contribution in [0, 0.1) is 0 Å². The lowest BCUT2D eigenvalue weighted by atomic mass is 10.2. The van der Waals surface area contributed by atoms with Crippen LogP contribution in [0.2, 0.25) is 0 Å². The number of unbranched alkanes of at least 4 members (excludes halogenated alkanes) is 2. The minimum absolute atomic E-state index is 0.126. The van der Waals surface area contributed by atoms with E-state index in [-0.39, 0.29) is 12.7 Å². The third kappa shape index (κ3) is 4.62. The van der Waals surface area contributed by atoms with E-state index in [1.54, 1.807) is 12.3 Å². The van der Waals surface area contributed by atoms with Gasteiger partial charge < -0.3 is 20.1 Å². The summed E-state index contributed by atoms with van der Waals surface area (Å²) in [6.45, 7) is 3.75. The average Bonchev–Trinajstić information content (AvgIpc) is 3.11. The molecule has 1 aliphatic rings. The predicted molar refractivity (Wildman–Crippen MR) is 96.0 cm³/mol. The second-order valence-corrected chi connectivity index (χ2v) is 5.94. The number of aromatic nitrogens is 1. The monoisotopic (exact) mass is 341 g/mol. The van der Waals surface area contributed by atoms with Gasteiger partial charge in [0, 0.05) is 13.1 Å². The van der Waals surface area contributed by atoms with Gasteiger partial charge in [-0.3, -0.25) is 4.79 Å². The Kier molecular flexibility index (Phi) is 5.72. The molecule has 132 valence electrons. The van der Waals surface area contributed by atoms with Crippen molar-refractivity contribution in [3.8, 4) is 11.5 Å². The van der Waals surface area contributed by atoms with Gasteiger partial charge in [0.1, 0.15) is 5.69 Å². The summed E-state index contributed by atoms with van der Waals surface area (Å²) in [6, 6.07) is 9.45. The van der Waals surface area contributed by atoms with E-state index in [0.717, 1.165) is 42.0 Å². The highest BCUT2D eigenvalue weighted by molar-refractivity contribution is 5.92. The number of hydrogen-bond acceptors (Lipinski definition) is 5. The summed E-state index contributed by atoms with van der Waals surface area (Å²) in [5.74, 6) is 1.42. The molecule has 1 aromatic carbocycles. The number of pyridine rings is 1. The Hall–Kier alpha value is -2.76. The number of carbonyl (C=O) groups excluding carboxylic acids is 1. The fourth-order valence-electron chi connectivity index (χ4n) is 2.56. The fraction of sp³-hybridized carbons (Fsp3) is 0.368. The van der Waals surface area contributed by atoms with E-state index in [4.69, 9.17) is 9.47 Å². The summed E-state index contributed by atoms with van der Waals surface area (Å²) in [5, 5.41) is 6.17. The maximum absolute atomic E-state index is 12.0. The van der Waals surface area contributed by atoms with Gasteiger partial charge in [-0.15, -0.1) is 0 Å². The molecule has 2 heterocycles. The zero-order chi connectivity index (χ0) is 17.5. The summed E-state index contributed by atoms with van der Waals surface area (Å²) in [7, 11) is 0. The van der Waals surface area contributed by atoms with Crippen molar-refractivity contribution in [1.82, 2.24) is 10.3 Å². The van der Waals surface area contributed by atoms with E-state index >= 15 is 0 Å². The molecule has 0 saturated heterocycles. The molecule has 6 heteroatoms. The van der Waals surface area contributed by atoms with Gasteiger partial charge in [-0.1, -0.05) is 25.8 Å². The van der Waals surface area contributed by atoms with Crippen molar-refractivity contribution in [2.24, 2.45) is 0 Å². The maximum Gasteiger partial charge on any atom is 0.269 e. The first-order valence-corrected chi connectivity index (χ1v) is 8.63. The third-order valence-corrected chi connectivity index (χ3v) is 4.00. The third-order valence-electron chi connectivity index (χ3n) is 4.00. The van der Waals surface area contributed by atoms with Crippen LogP contribution in [-0.2, 0) is 6.54 Å². The zero-order valence-electron chi connectivity index (χ0n) is 14.4. The molecule has 0 unspecified atom stereocenters. The Morgan fingerprint density at radius 2 is 2.04 bits per heavy atom. The van der Waals surface area contributed by atoms with Crippen LogP contribution < -0.4 is 20.1 Å². The predicted octanol–water partition coefficient (Wildman–Crippen LogP) is 3.34. The summed E-state index contributed by atoms with van der Waals surface area (Å²) in [6.07, 6.45) is 4.93. The highest BCUT2D eigenvalue weighted by atomic mass is 16.7. The molecular formula is C19H23N3O3. The first-order chi connectivity index (χ1) is 12.3. The highest BCUT2D eigenvalue weighted by Gasteiger charge is 2.13. The summed E-state index contributed by atoms with van der Waals surface area (Å²) >= 11 is 0. The molecule has 1 amide bonds. The molecule has 0 bridgehead atoms. The number of hydrogen-bond donors (Lipinski definition) is 2. The van der Waals surface area contributed by atoms with Gasteiger partial charge in [-0.2, -0.15) is 0 Å². The number of ether oxygens (including phenoxy) is 2. The Bertz CT molecular complexity index is 716. The number of benzene rings is 1. The van der Waals surface area contributed by atoms with Crippen LogP contribution in [0.5, 0.6) is 11.5 Å². The van der Waals surface area contributed by atoms with E-state index in [9.17, 15) is 4.79 Å². The number of anilines is 1. The molecule has 2 aromatic rings. The van der Waals surface area contributed by atoms with Gasteiger partial charge in [-0.25, -0.2) is 4.98 Å². The van der Waals surface area contributed by atoms with Crippen LogP contribution in [0.25, 0.3) is 0 Å². The van der Waals surface area contributed by atoms with Crippen molar-refractivity contribution in [3.63, 3.8) is 0 Å². The van der Waals surface area contributed by atoms with Crippen molar-refractivity contribution in [2.45, 2.75) is 32.7 Å². The van der Waals surface area contributed by atoms with Crippen molar-refractivity contribution in [3.05, 3.63) is 47.8 Å². The smallest absolute Gasteiger partial charge is 0.269 e. The lowest BCUT2D eigenvalue weighted by Crippen LogP contribution is -2.25. The van der Waals surface area contributed by atoms with Crippen molar-refractivity contribution in [2.75, 3.05) is 18.7 Å². The number of nitrogens with one attached hydrogen (secondary N) is 2. The first-order valence-electron chi connectivity index (χ1n) is 8.63. The Morgan fingerprint density at radius 1 is 1.16 bits per heavy atom. The van der Waals surface area contributed by atoms with E-state index in [1.807, 2.05) is 24.3 Å². The first kappa shape index (κ1) is 17.1. The van der Waals surface area contributed by atoms with Crippen LogP contribution in [0.1, 0.15) is 42.2 Å². The van der Waals surface area contributed by atoms with Crippen molar-refractivity contribution in [1.29, 1.82) is 0 Å². The summed E-state index contributed by atoms with van der Waals surface area (Å²) in [5.41, 5.74) is 2.38. The lowest BCUT2D eigenvalue weighted by Gasteiger charge is -2.08. The van der Waals surface area contributed by atoms with Crippen molar-refractivity contribution < 1.29 is 14.3 Å². The Labute approximate surface area is 147 Å². The molecule has 1 aliphatic heterocycles. The summed E-state index contributed by atoms with van der Waals surface area (Å²) < 4.78 is 10.7. The van der Waals surface area contributed by atoms with E-state index in [1.165, 1.54) is 0 Å². The number of amides is 1. The molecule has 6 nitrogen and oxygen atoms in total. The van der Waals surface area contributed by atoms with E-state index in [0.29, 0.717) is 18.8 Å². The molecule has 0 spiro atoms. The summed E-state index contributed by atoms with van der Waals surface area (Å²) in [4.78, 5) is 16.2. The van der Waals surface area contributed by atoms with E-state index in [2.05, 4.69) is 22.5 Å².